The fourth-order valence-electron chi connectivity index (χ4n) is 2.42. The summed E-state index contributed by atoms with van der Waals surface area (Å²) in [5.41, 5.74) is 3.73. The molecule has 3 rings (SSSR count). The van der Waals surface area contributed by atoms with E-state index in [9.17, 15) is 0 Å². The van der Waals surface area contributed by atoms with E-state index in [1.165, 1.54) is 0 Å². The molecule has 0 bridgehead atoms. The molecule has 0 nitrogen and oxygen atoms in total. The second-order valence-electron chi connectivity index (χ2n) is 5.60. The molecule has 0 fully saturated rings. The Morgan fingerprint density at radius 2 is 0.731 bits per heavy atom. The van der Waals surface area contributed by atoms with Crippen molar-refractivity contribution in [2.24, 2.45) is 0 Å². The molecule has 0 heterocycles. The molecule has 0 amide bonds. The minimum absolute atomic E-state index is 0.630. The average molecular weight is 420 g/mol. The van der Waals surface area contributed by atoms with Gasteiger partial charge in [-0.2, -0.15) is 0 Å². The fraction of sp³-hybridized carbons (Fsp3) is 0. The Balaban J connectivity index is 1.77. The van der Waals surface area contributed by atoms with E-state index in [-0.39, 0.29) is 0 Å². The highest BCUT2D eigenvalue weighted by molar-refractivity contribution is 6.37. The number of halogens is 4. The van der Waals surface area contributed by atoms with Crippen LogP contribution in [0.25, 0.3) is 24.3 Å². The van der Waals surface area contributed by atoms with Gasteiger partial charge in [-0.05, 0) is 35.4 Å². The molecule has 3 aromatic rings. The zero-order valence-corrected chi connectivity index (χ0v) is 16.6. The molecule has 4 heteroatoms. The third-order valence-corrected chi connectivity index (χ3v) is 5.14. The molecule has 26 heavy (non-hydrogen) atoms. The van der Waals surface area contributed by atoms with Crippen LogP contribution in [0, 0.1) is 0 Å². The molecule has 0 saturated carbocycles. The van der Waals surface area contributed by atoms with Crippen molar-refractivity contribution in [3.8, 4) is 0 Å². The predicted octanol–water partition coefficient (Wildman–Crippen LogP) is 8.64. The van der Waals surface area contributed by atoms with Gasteiger partial charge in [0.25, 0.3) is 0 Å². The smallest absolute Gasteiger partial charge is 0.0493 e. The Morgan fingerprint density at radius 3 is 1.04 bits per heavy atom. The summed E-state index contributed by atoms with van der Waals surface area (Å²) in [5, 5.41) is 2.52. The Morgan fingerprint density at radius 1 is 0.423 bits per heavy atom. The molecular formula is C22H14Cl4. The van der Waals surface area contributed by atoms with E-state index >= 15 is 0 Å². The third kappa shape index (κ3) is 4.72. The van der Waals surface area contributed by atoms with Crippen molar-refractivity contribution in [1.29, 1.82) is 0 Å². The summed E-state index contributed by atoms with van der Waals surface area (Å²) >= 11 is 24.7. The monoisotopic (exact) mass is 418 g/mol. The van der Waals surface area contributed by atoms with Gasteiger partial charge in [0.1, 0.15) is 0 Å². The average Bonchev–Trinajstić information content (AvgIpc) is 2.62. The van der Waals surface area contributed by atoms with Gasteiger partial charge < -0.3 is 0 Å². The van der Waals surface area contributed by atoms with E-state index in [1.54, 1.807) is 0 Å². The highest BCUT2D eigenvalue weighted by Gasteiger charge is 2.02. The summed E-state index contributed by atoms with van der Waals surface area (Å²) < 4.78 is 0. The van der Waals surface area contributed by atoms with Crippen molar-refractivity contribution in [2.75, 3.05) is 0 Å². The van der Waals surface area contributed by atoms with Crippen LogP contribution in [-0.2, 0) is 0 Å². The lowest BCUT2D eigenvalue weighted by molar-refractivity contribution is 1.61. The summed E-state index contributed by atoms with van der Waals surface area (Å²) in [5.74, 6) is 0. The molecule has 0 aliphatic carbocycles. The minimum Gasteiger partial charge on any atom is -0.0836 e. The van der Waals surface area contributed by atoms with Gasteiger partial charge in [0.15, 0.2) is 0 Å². The highest BCUT2D eigenvalue weighted by atomic mass is 35.5. The minimum atomic E-state index is 0.630. The van der Waals surface area contributed by atoms with Crippen LogP contribution < -0.4 is 0 Å². The topological polar surface area (TPSA) is 0 Å². The van der Waals surface area contributed by atoms with E-state index in [0.717, 1.165) is 22.3 Å². The number of rotatable bonds is 4. The van der Waals surface area contributed by atoms with Gasteiger partial charge in [0.2, 0.25) is 0 Å². The van der Waals surface area contributed by atoms with Gasteiger partial charge in [-0.3, -0.25) is 0 Å². The molecule has 0 spiro atoms. The maximum absolute atomic E-state index is 6.18. The van der Waals surface area contributed by atoms with Crippen molar-refractivity contribution < 1.29 is 0 Å². The first-order valence-electron chi connectivity index (χ1n) is 7.89. The van der Waals surface area contributed by atoms with Crippen LogP contribution in [-0.4, -0.2) is 0 Å². The van der Waals surface area contributed by atoms with Crippen molar-refractivity contribution in [1.82, 2.24) is 0 Å². The lowest BCUT2D eigenvalue weighted by Gasteiger charge is -2.02. The first kappa shape index (κ1) is 19.1. The number of hydrogen-bond acceptors (Lipinski definition) is 0. The second-order valence-corrected chi connectivity index (χ2v) is 7.23. The number of benzene rings is 3. The zero-order chi connectivity index (χ0) is 18.5. The third-order valence-electron chi connectivity index (χ3n) is 3.82. The van der Waals surface area contributed by atoms with Crippen LogP contribution in [0.3, 0.4) is 0 Å². The molecule has 3 aromatic carbocycles. The van der Waals surface area contributed by atoms with Gasteiger partial charge in [0, 0.05) is 31.2 Å². The van der Waals surface area contributed by atoms with Crippen LogP contribution in [0.1, 0.15) is 22.3 Å². The van der Waals surface area contributed by atoms with E-state index in [2.05, 4.69) is 0 Å². The lowest BCUT2D eigenvalue weighted by Crippen LogP contribution is -1.79. The molecule has 130 valence electrons. The second kappa shape index (κ2) is 8.79. The Hall–Kier alpha value is -1.70. The summed E-state index contributed by atoms with van der Waals surface area (Å²) in [4.78, 5) is 0. The maximum Gasteiger partial charge on any atom is 0.0493 e. The van der Waals surface area contributed by atoms with Crippen LogP contribution >= 0.6 is 46.4 Å². The van der Waals surface area contributed by atoms with E-state index in [4.69, 9.17) is 46.4 Å². The predicted molar refractivity (Wildman–Crippen MR) is 117 cm³/mol. The molecule has 0 atom stereocenters. The first-order valence-corrected chi connectivity index (χ1v) is 9.40. The fourth-order valence-corrected chi connectivity index (χ4v) is 3.46. The van der Waals surface area contributed by atoms with Crippen LogP contribution in [0.4, 0.5) is 0 Å². The molecule has 0 aromatic heterocycles. The Bertz CT molecular complexity index is 849. The number of hydrogen-bond donors (Lipinski definition) is 0. The molecule has 0 unspecified atom stereocenters. The normalized spacial score (nSPS) is 11.5. The standard InChI is InChI=1S/C22H14Cl4/c23-19-3-1-4-20(24)17(19)13-11-15-7-9-16(10-8-15)12-14-18-21(25)5-2-6-22(18)26/h1-14H/b13-11+,14-12?. The Labute approximate surface area is 173 Å². The van der Waals surface area contributed by atoms with Gasteiger partial charge in [-0.15, -0.1) is 0 Å². The van der Waals surface area contributed by atoms with E-state index in [0.29, 0.717) is 20.1 Å². The Kier molecular flexibility index (Phi) is 6.45. The zero-order valence-electron chi connectivity index (χ0n) is 13.6. The van der Waals surface area contributed by atoms with Gasteiger partial charge in [-0.1, -0.05) is 107 Å². The molecule has 0 radical (unpaired) electrons. The maximum atomic E-state index is 6.18. The van der Waals surface area contributed by atoms with Crippen molar-refractivity contribution in [2.45, 2.75) is 0 Å². The quantitative estimate of drug-likeness (QED) is 0.371. The lowest BCUT2D eigenvalue weighted by atomic mass is 10.1. The van der Waals surface area contributed by atoms with Gasteiger partial charge >= 0.3 is 0 Å². The van der Waals surface area contributed by atoms with Crippen LogP contribution in [0.2, 0.25) is 20.1 Å². The summed E-state index contributed by atoms with van der Waals surface area (Å²) in [6.45, 7) is 0. The summed E-state index contributed by atoms with van der Waals surface area (Å²) in [6.07, 6.45) is 7.79. The first-order chi connectivity index (χ1) is 12.5. The molecule has 0 saturated heterocycles. The van der Waals surface area contributed by atoms with E-state index < -0.39 is 0 Å². The van der Waals surface area contributed by atoms with Crippen molar-refractivity contribution in [3.05, 3.63) is 103 Å². The molecule has 0 aliphatic heterocycles. The molecule has 0 aliphatic rings. The van der Waals surface area contributed by atoms with Gasteiger partial charge in [0.05, 0.1) is 0 Å². The van der Waals surface area contributed by atoms with E-state index in [1.807, 2.05) is 85.0 Å². The van der Waals surface area contributed by atoms with Crippen molar-refractivity contribution >= 4 is 70.7 Å². The van der Waals surface area contributed by atoms with Crippen LogP contribution in [0.5, 0.6) is 0 Å². The SMILES string of the molecule is Clc1cccc(Cl)c1C=Cc1ccc(/C=C/c2c(Cl)cccc2Cl)cc1. The summed E-state index contributed by atoms with van der Waals surface area (Å²) in [7, 11) is 0. The van der Waals surface area contributed by atoms with Gasteiger partial charge in [-0.25, -0.2) is 0 Å². The largest absolute Gasteiger partial charge is 0.0836 e. The van der Waals surface area contributed by atoms with Crippen LogP contribution in [0.15, 0.2) is 60.7 Å². The highest BCUT2D eigenvalue weighted by Crippen LogP contribution is 2.27. The summed E-state index contributed by atoms with van der Waals surface area (Å²) in [6, 6.07) is 19.0. The molecule has 0 N–H and O–H groups in total. The van der Waals surface area contributed by atoms with Crippen molar-refractivity contribution in [3.63, 3.8) is 0 Å². The molecular weight excluding hydrogens is 406 g/mol.